The Kier molecular flexibility index (Phi) is 5.78. The molecule has 0 aliphatic carbocycles. The Labute approximate surface area is 117 Å². The minimum absolute atomic E-state index is 0.113. The van der Waals surface area contributed by atoms with Gasteiger partial charge >= 0.3 is 5.97 Å². The molecule has 0 bridgehead atoms. The first-order valence-electron chi connectivity index (χ1n) is 5.98. The van der Waals surface area contributed by atoms with Crippen molar-refractivity contribution in [3.05, 3.63) is 36.0 Å². The molecule has 1 rings (SSSR count). The van der Waals surface area contributed by atoms with Gasteiger partial charge in [-0.1, -0.05) is 0 Å². The van der Waals surface area contributed by atoms with Crippen molar-refractivity contribution in [3.63, 3.8) is 0 Å². The van der Waals surface area contributed by atoms with E-state index in [1.807, 2.05) is 0 Å². The minimum atomic E-state index is -0.669. The number of rotatable bonds is 5. The average Bonchev–Trinajstić information content (AvgIpc) is 2.41. The van der Waals surface area contributed by atoms with Crippen LogP contribution in [0.5, 0.6) is 0 Å². The Hall–Kier alpha value is -2.81. The molecule has 0 aliphatic heterocycles. The number of benzene rings is 1. The molecule has 0 saturated heterocycles. The molecule has 0 aliphatic rings. The molecular formula is C14H15N3O3. The van der Waals surface area contributed by atoms with Gasteiger partial charge < -0.3 is 15.4 Å². The number of nitrogens with zero attached hydrogens (tertiary/aromatic N) is 1. The molecule has 6 nitrogen and oxygen atoms in total. The van der Waals surface area contributed by atoms with Crippen LogP contribution in [-0.4, -0.2) is 18.5 Å². The van der Waals surface area contributed by atoms with Gasteiger partial charge in [-0.15, -0.1) is 0 Å². The molecule has 1 amide bonds. The molecule has 0 saturated carbocycles. The lowest BCUT2D eigenvalue weighted by atomic mass is 10.2. The van der Waals surface area contributed by atoms with E-state index in [4.69, 9.17) is 10.00 Å². The Balaban J connectivity index is 2.71. The van der Waals surface area contributed by atoms with Crippen LogP contribution < -0.4 is 10.6 Å². The number of amides is 1. The van der Waals surface area contributed by atoms with Crippen molar-refractivity contribution in [2.45, 2.75) is 13.8 Å². The second-order valence-electron chi connectivity index (χ2n) is 3.79. The third-order valence-corrected chi connectivity index (χ3v) is 2.20. The SMILES string of the molecule is CCOC(=O)/C(C#N)=C\Nc1ccc(NC(C)=O)cc1. The molecule has 6 heteroatoms. The molecule has 0 aromatic heterocycles. The fourth-order valence-corrected chi connectivity index (χ4v) is 1.35. The lowest BCUT2D eigenvalue weighted by molar-refractivity contribution is -0.138. The molecule has 1 aromatic carbocycles. The summed E-state index contributed by atoms with van der Waals surface area (Å²) in [6.07, 6.45) is 1.28. The van der Waals surface area contributed by atoms with Crippen LogP contribution in [0.25, 0.3) is 0 Å². The number of ether oxygens (including phenoxy) is 1. The first kappa shape index (κ1) is 15.2. The number of carbonyl (C=O) groups excluding carboxylic acids is 2. The smallest absolute Gasteiger partial charge is 0.350 e. The van der Waals surface area contributed by atoms with E-state index < -0.39 is 5.97 Å². The summed E-state index contributed by atoms with van der Waals surface area (Å²) in [5.74, 6) is -0.822. The number of carbonyl (C=O) groups is 2. The number of nitrogens with one attached hydrogen (secondary N) is 2. The summed E-state index contributed by atoms with van der Waals surface area (Å²) < 4.78 is 4.73. The molecule has 2 N–H and O–H groups in total. The number of nitriles is 1. The number of hydrogen-bond donors (Lipinski definition) is 2. The first-order valence-corrected chi connectivity index (χ1v) is 5.98. The zero-order chi connectivity index (χ0) is 15.0. The van der Waals surface area contributed by atoms with E-state index >= 15 is 0 Å². The quantitative estimate of drug-likeness (QED) is 0.486. The molecule has 0 heterocycles. The van der Waals surface area contributed by atoms with Crippen LogP contribution in [0.1, 0.15) is 13.8 Å². The topological polar surface area (TPSA) is 91.2 Å². The van der Waals surface area contributed by atoms with E-state index in [0.717, 1.165) is 0 Å². The third-order valence-electron chi connectivity index (χ3n) is 2.20. The average molecular weight is 273 g/mol. The van der Waals surface area contributed by atoms with E-state index in [0.29, 0.717) is 11.4 Å². The fourth-order valence-electron chi connectivity index (χ4n) is 1.35. The zero-order valence-electron chi connectivity index (χ0n) is 11.3. The van der Waals surface area contributed by atoms with E-state index in [1.165, 1.54) is 13.1 Å². The molecule has 0 atom stereocenters. The number of esters is 1. The maximum atomic E-state index is 11.4. The van der Waals surface area contributed by atoms with E-state index in [-0.39, 0.29) is 18.1 Å². The lowest BCUT2D eigenvalue weighted by Gasteiger charge is -2.05. The minimum Gasteiger partial charge on any atom is -0.462 e. The largest absolute Gasteiger partial charge is 0.462 e. The Morgan fingerprint density at radius 3 is 2.40 bits per heavy atom. The number of anilines is 2. The van der Waals surface area contributed by atoms with E-state index in [2.05, 4.69) is 10.6 Å². The molecule has 0 spiro atoms. The van der Waals surface area contributed by atoms with E-state index in [9.17, 15) is 9.59 Å². The summed E-state index contributed by atoms with van der Waals surface area (Å²) in [7, 11) is 0. The van der Waals surface area contributed by atoms with Crippen LogP contribution in [0.2, 0.25) is 0 Å². The van der Waals surface area contributed by atoms with Crippen molar-refractivity contribution in [3.8, 4) is 6.07 Å². The van der Waals surface area contributed by atoms with E-state index in [1.54, 1.807) is 37.3 Å². The second kappa shape index (κ2) is 7.59. The lowest BCUT2D eigenvalue weighted by Crippen LogP contribution is -2.08. The molecule has 1 aromatic rings. The van der Waals surface area contributed by atoms with Gasteiger partial charge in [0.05, 0.1) is 6.61 Å². The number of hydrogen-bond acceptors (Lipinski definition) is 5. The van der Waals surface area contributed by atoms with Gasteiger partial charge in [-0.05, 0) is 31.2 Å². The van der Waals surface area contributed by atoms with Crippen LogP contribution in [0.15, 0.2) is 36.0 Å². The van der Waals surface area contributed by atoms with Crippen molar-refractivity contribution in [2.24, 2.45) is 0 Å². The zero-order valence-corrected chi connectivity index (χ0v) is 11.3. The van der Waals surface area contributed by atoms with Crippen molar-refractivity contribution in [1.82, 2.24) is 0 Å². The van der Waals surface area contributed by atoms with Crippen LogP contribution in [0.3, 0.4) is 0 Å². The Morgan fingerprint density at radius 2 is 1.90 bits per heavy atom. The second-order valence-corrected chi connectivity index (χ2v) is 3.79. The fraction of sp³-hybridized carbons (Fsp3) is 0.214. The highest BCUT2D eigenvalue weighted by Gasteiger charge is 2.08. The highest BCUT2D eigenvalue weighted by Crippen LogP contribution is 2.14. The third kappa shape index (κ3) is 4.82. The van der Waals surface area contributed by atoms with Gasteiger partial charge in [0, 0.05) is 24.5 Å². The highest BCUT2D eigenvalue weighted by molar-refractivity contribution is 5.93. The van der Waals surface area contributed by atoms with Gasteiger partial charge in [-0.25, -0.2) is 4.79 Å². The van der Waals surface area contributed by atoms with Gasteiger partial charge in [0.15, 0.2) is 5.57 Å². The molecule has 0 radical (unpaired) electrons. The maximum Gasteiger partial charge on any atom is 0.350 e. The summed E-state index contributed by atoms with van der Waals surface area (Å²) >= 11 is 0. The van der Waals surface area contributed by atoms with Gasteiger partial charge in [-0.3, -0.25) is 4.79 Å². The monoisotopic (exact) mass is 273 g/mol. The summed E-state index contributed by atoms with van der Waals surface area (Å²) in [6.45, 7) is 3.30. The summed E-state index contributed by atoms with van der Waals surface area (Å²) in [5.41, 5.74) is 1.23. The van der Waals surface area contributed by atoms with Gasteiger partial charge in [-0.2, -0.15) is 5.26 Å². The van der Waals surface area contributed by atoms with Crippen LogP contribution in [-0.2, 0) is 14.3 Å². The van der Waals surface area contributed by atoms with Crippen molar-refractivity contribution in [1.29, 1.82) is 5.26 Å². The molecule has 0 fully saturated rings. The van der Waals surface area contributed by atoms with Crippen molar-refractivity contribution < 1.29 is 14.3 Å². The highest BCUT2D eigenvalue weighted by atomic mass is 16.5. The van der Waals surface area contributed by atoms with Crippen molar-refractivity contribution in [2.75, 3.05) is 17.2 Å². The van der Waals surface area contributed by atoms with Crippen LogP contribution in [0, 0.1) is 11.3 Å². The van der Waals surface area contributed by atoms with Gasteiger partial charge in [0.1, 0.15) is 6.07 Å². The maximum absolute atomic E-state index is 11.4. The van der Waals surface area contributed by atoms with Crippen molar-refractivity contribution >= 4 is 23.3 Å². The molecule has 0 unspecified atom stereocenters. The molecule has 104 valence electrons. The molecular weight excluding hydrogens is 258 g/mol. The predicted molar refractivity (Wildman–Crippen MR) is 74.7 cm³/mol. The standard InChI is InChI=1S/C14H15N3O3/c1-3-20-14(19)11(8-15)9-16-12-4-6-13(7-5-12)17-10(2)18/h4-7,9,16H,3H2,1-2H3,(H,17,18)/b11-9-. The van der Waals surface area contributed by atoms with Gasteiger partial charge in [0.2, 0.25) is 5.91 Å². The van der Waals surface area contributed by atoms with Crippen LogP contribution >= 0.6 is 0 Å². The Morgan fingerprint density at radius 1 is 1.30 bits per heavy atom. The van der Waals surface area contributed by atoms with Crippen LogP contribution in [0.4, 0.5) is 11.4 Å². The molecule has 20 heavy (non-hydrogen) atoms. The normalized spacial score (nSPS) is 10.3. The first-order chi connectivity index (χ1) is 9.56. The predicted octanol–water partition coefficient (Wildman–Crippen LogP) is 2.03. The van der Waals surface area contributed by atoms with Gasteiger partial charge in [0.25, 0.3) is 0 Å². The summed E-state index contributed by atoms with van der Waals surface area (Å²) in [6, 6.07) is 8.59. The summed E-state index contributed by atoms with van der Waals surface area (Å²) in [4.78, 5) is 22.2. The summed E-state index contributed by atoms with van der Waals surface area (Å²) in [5, 5.41) is 14.3. The Bertz CT molecular complexity index is 556.